The van der Waals surface area contributed by atoms with Gasteiger partial charge in [-0.3, -0.25) is 9.80 Å². The SMILES string of the molecule is Cc1cc(CN2CCN(CCNc3nccc4nc(C(F)(F)F)ccc34)CC2)no1. The molecule has 0 bridgehead atoms. The fourth-order valence-electron chi connectivity index (χ4n) is 3.58. The van der Waals surface area contributed by atoms with Crippen LogP contribution in [0.4, 0.5) is 19.0 Å². The van der Waals surface area contributed by atoms with Gasteiger partial charge in [0.2, 0.25) is 0 Å². The van der Waals surface area contributed by atoms with Gasteiger partial charge < -0.3 is 9.84 Å². The fourth-order valence-corrected chi connectivity index (χ4v) is 3.58. The van der Waals surface area contributed by atoms with E-state index >= 15 is 0 Å². The Bertz CT molecular complexity index is 998. The highest BCUT2D eigenvalue weighted by atomic mass is 19.4. The van der Waals surface area contributed by atoms with Crippen molar-refractivity contribution in [2.24, 2.45) is 0 Å². The molecule has 3 aromatic rings. The van der Waals surface area contributed by atoms with Crippen molar-refractivity contribution in [3.63, 3.8) is 0 Å². The van der Waals surface area contributed by atoms with E-state index in [2.05, 4.69) is 30.2 Å². The monoisotopic (exact) mass is 420 g/mol. The van der Waals surface area contributed by atoms with E-state index in [1.165, 1.54) is 18.3 Å². The number of pyridine rings is 2. The van der Waals surface area contributed by atoms with Gasteiger partial charge in [-0.1, -0.05) is 5.16 Å². The van der Waals surface area contributed by atoms with Crippen molar-refractivity contribution in [3.8, 4) is 0 Å². The van der Waals surface area contributed by atoms with Gasteiger partial charge in [-0.25, -0.2) is 9.97 Å². The van der Waals surface area contributed by atoms with Gasteiger partial charge in [-0.2, -0.15) is 13.2 Å². The lowest BCUT2D eigenvalue weighted by atomic mass is 10.2. The Morgan fingerprint density at radius 2 is 1.87 bits per heavy atom. The van der Waals surface area contributed by atoms with Crippen molar-refractivity contribution in [1.29, 1.82) is 0 Å². The van der Waals surface area contributed by atoms with E-state index in [1.807, 2.05) is 13.0 Å². The number of hydrogen-bond acceptors (Lipinski definition) is 7. The maximum Gasteiger partial charge on any atom is 0.433 e. The van der Waals surface area contributed by atoms with E-state index in [0.29, 0.717) is 17.7 Å². The smallest absolute Gasteiger partial charge is 0.368 e. The Hall–Kier alpha value is -2.72. The predicted octanol–water partition coefficient (Wildman–Crippen LogP) is 3.17. The summed E-state index contributed by atoms with van der Waals surface area (Å²) in [5, 5.41) is 7.86. The van der Waals surface area contributed by atoms with Crippen LogP contribution in [0.2, 0.25) is 0 Å². The van der Waals surface area contributed by atoms with Gasteiger partial charge in [0.15, 0.2) is 0 Å². The number of nitrogens with one attached hydrogen (secondary N) is 1. The lowest BCUT2D eigenvalue weighted by Crippen LogP contribution is -2.47. The van der Waals surface area contributed by atoms with Crippen LogP contribution in [0.15, 0.2) is 35.0 Å². The Morgan fingerprint density at radius 3 is 2.57 bits per heavy atom. The van der Waals surface area contributed by atoms with Crippen LogP contribution >= 0.6 is 0 Å². The van der Waals surface area contributed by atoms with Gasteiger partial charge in [-0.05, 0) is 25.1 Å². The van der Waals surface area contributed by atoms with Gasteiger partial charge in [0.05, 0.1) is 11.2 Å². The Kier molecular flexibility index (Phi) is 5.87. The van der Waals surface area contributed by atoms with Crippen LogP contribution in [0.25, 0.3) is 10.9 Å². The fraction of sp³-hybridized carbons (Fsp3) is 0.450. The van der Waals surface area contributed by atoms with Crippen molar-refractivity contribution < 1.29 is 17.7 Å². The highest BCUT2D eigenvalue weighted by Crippen LogP contribution is 2.30. The quantitative estimate of drug-likeness (QED) is 0.657. The number of halogens is 3. The Balaban J connectivity index is 1.28. The van der Waals surface area contributed by atoms with Gasteiger partial charge in [0.1, 0.15) is 17.3 Å². The molecule has 4 heterocycles. The number of rotatable bonds is 6. The Labute approximate surface area is 171 Å². The minimum absolute atomic E-state index is 0.277. The molecule has 7 nitrogen and oxygen atoms in total. The van der Waals surface area contributed by atoms with E-state index in [4.69, 9.17) is 4.52 Å². The minimum Gasteiger partial charge on any atom is -0.368 e. The zero-order chi connectivity index (χ0) is 21.1. The first-order chi connectivity index (χ1) is 14.4. The molecule has 3 aromatic heterocycles. The third-order valence-corrected chi connectivity index (χ3v) is 5.15. The predicted molar refractivity (Wildman–Crippen MR) is 106 cm³/mol. The summed E-state index contributed by atoms with van der Waals surface area (Å²) in [5.41, 5.74) is 0.330. The standard InChI is InChI=1S/C20H23F3N6O/c1-14-12-15(27-30-14)13-29-10-8-28(9-11-29)7-6-25-19-16-2-3-18(20(21,22)23)26-17(16)4-5-24-19/h2-5,12H,6-11,13H2,1H3,(H,24,25). The van der Waals surface area contributed by atoms with Crippen molar-refractivity contribution in [2.75, 3.05) is 44.6 Å². The van der Waals surface area contributed by atoms with Crippen LogP contribution in [0.5, 0.6) is 0 Å². The van der Waals surface area contributed by atoms with Crippen LogP contribution in [-0.4, -0.2) is 64.2 Å². The maximum atomic E-state index is 12.9. The number of anilines is 1. The third-order valence-electron chi connectivity index (χ3n) is 5.15. The summed E-state index contributed by atoms with van der Waals surface area (Å²) in [6.07, 6.45) is -2.98. The largest absolute Gasteiger partial charge is 0.433 e. The normalized spacial score (nSPS) is 16.3. The molecule has 0 unspecified atom stereocenters. The molecule has 0 saturated carbocycles. The molecule has 30 heavy (non-hydrogen) atoms. The topological polar surface area (TPSA) is 70.3 Å². The number of alkyl halides is 3. The van der Waals surface area contributed by atoms with Gasteiger partial charge in [-0.15, -0.1) is 0 Å². The van der Waals surface area contributed by atoms with Crippen LogP contribution in [0.1, 0.15) is 17.1 Å². The number of aromatic nitrogens is 3. The highest BCUT2D eigenvalue weighted by molar-refractivity contribution is 5.89. The summed E-state index contributed by atoms with van der Waals surface area (Å²) >= 11 is 0. The van der Waals surface area contributed by atoms with E-state index in [1.54, 1.807) is 0 Å². The van der Waals surface area contributed by atoms with Crippen molar-refractivity contribution in [2.45, 2.75) is 19.6 Å². The molecular formula is C20H23F3N6O. The second-order valence-corrected chi connectivity index (χ2v) is 7.39. The lowest BCUT2D eigenvalue weighted by molar-refractivity contribution is -0.140. The Morgan fingerprint density at radius 1 is 1.10 bits per heavy atom. The molecule has 1 saturated heterocycles. The molecule has 0 aliphatic carbocycles. The first-order valence-electron chi connectivity index (χ1n) is 9.82. The molecule has 0 atom stereocenters. The van der Waals surface area contributed by atoms with E-state index < -0.39 is 11.9 Å². The molecular weight excluding hydrogens is 397 g/mol. The number of hydrogen-bond donors (Lipinski definition) is 1. The van der Waals surface area contributed by atoms with Crippen molar-refractivity contribution >= 4 is 16.7 Å². The van der Waals surface area contributed by atoms with Crippen molar-refractivity contribution in [3.05, 3.63) is 47.6 Å². The number of fused-ring (bicyclic) bond motifs is 1. The van der Waals surface area contributed by atoms with E-state index in [-0.39, 0.29) is 5.52 Å². The molecule has 1 aliphatic heterocycles. The second kappa shape index (κ2) is 8.57. The van der Waals surface area contributed by atoms with Gasteiger partial charge in [0.25, 0.3) is 0 Å². The zero-order valence-corrected chi connectivity index (χ0v) is 16.6. The average Bonchev–Trinajstić information content (AvgIpc) is 3.13. The number of aryl methyl sites for hydroxylation is 1. The summed E-state index contributed by atoms with van der Waals surface area (Å²) in [6.45, 7) is 7.92. The minimum atomic E-state index is -4.46. The van der Waals surface area contributed by atoms with Gasteiger partial charge in [0, 0.05) is 63.5 Å². The van der Waals surface area contributed by atoms with Crippen LogP contribution in [0.3, 0.4) is 0 Å². The van der Waals surface area contributed by atoms with E-state index in [9.17, 15) is 13.2 Å². The zero-order valence-electron chi connectivity index (χ0n) is 16.6. The molecule has 10 heteroatoms. The van der Waals surface area contributed by atoms with Crippen molar-refractivity contribution in [1.82, 2.24) is 24.9 Å². The molecule has 4 rings (SSSR count). The summed E-state index contributed by atoms with van der Waals surface area (Å²) in [5.74, 6) is 1.37. The number of nitrogens with zero attached hydrogens (tertiary/aromatic N) is 5. The lowest BCUT2D eigenvalue weighted by Gasteiger charge is -2.34. The van der Waals surface area contributed by atoms with Crippen LogP contribution in [0, 0.1) is 6.92 Å². The molecule has 0 amide bonds. The third kappa shape index (κ3) is 4.88. The highest BCUT2D eigenvalue weighted by Gasteiger charge is 2.32. The summed E-state index contributed by atoms with van der Waals surface area (Å²) < 4.78 is 43.7. The van der Waals surface area contributed by atoms with E-state index in [0.717, 1.165) is 56.8 Å². The first-order valence-corrected chi connectivity index (χ1v) is 9.82. The second-order valence-electron chi connectivity index (χ2n) is 7.39. The first kappa shape index (κ1) is 20.5. The molecule has 0 radical (unpaired) electrons. The molecule has 160 valence electrons. The van der Waals surface area contributed by atoms with Crippen LogP contribution in [-0.2, 0) is 12.7 Å². The molecule has 0 aromatic carbocycles. The summed E-state index contributed by atoms with van der Waals surface area (Å²) in [4.78, 5) is 12.7. The summed E-state index contributed by atoms with van der Waals surface area (Å²) in [6, 6.07) is 5.86. The average molecular weight is 420 g/mol. The number of piperazine rings is 1. The van der Waals surface area contributed by atoms with Gasteiger partial charge >= 0.3 is 6.18 Å². The molecule has 1 N–H and O–H groups in total. The maximum absolute atomic E-state index is 12.9. The molecule has 1 fully saturated rings. The van der Waals surface area contributed by atoms with Crippen LogP contribution < -0.4 is 5.32 Å². The molecule has 1 aliphatic rings. The molecule has 0 spiro atoms. The summed E-state index contributed by atoms with van der Waals surface area (Å²) in [7, 11) is 0.